The van der Waals surface area contributed by atoms with E-state index in [-0.39, 0.29) is 0 Å². The highest BCUT2D eigenvalue weighted by molar-refractivity contribution is 5.14. The van der Waals surface area contributed by atoms with Gasteiger partial charge in [0.05, 0.1) is 0 Å². The Labute approximate surface area is 146 Å². The predicted octanol–water partition coefficient (Wildman–Crippen LogP) is 4.18. The minimum Gasteiger partial charge on any atom is -0.335 e. The molecular formula is C21H31N3. The summed E-state index contributed by atoms with van der Waals surface area (Å²) >= 11 is 0. The molecule has 24 heavy (non-hydrogen) atoms. The van der Waals surface area contributed by atoms with Crippen molar-refractivity contribution in [3.8, 4) is 0 Å². The summed E-state index contributed by atoms with van der Waals surface area (Å²) in [5.41, 5.74) is 1.47. The lowest BCUT2D eigenvalue weighted by atomic mass is 9.93. The van der Waals surface area contributed by atoms with Crippen LogP contribution in [0.1, 0.15) is 44.0 Å². The number of likely N-dealkylation sites (tertiary alicyclic amines) is 1. The molecule has 1 aliphatic rings. The summed E-state index contributed by atoms with van der Waals surface area (Å²) in [4.78, 5) is 7.08. The van der Waals surface area contributed by atoms with Crippen LogP contribution >= 0.6 is 0 Å². The van der Waals surface area contributed by atoms with Crippen LogP contribution in [-0.2, 0) is 19.4 Å². The molecule has 1 fully saturated rings. The maximum Gasteiger partial charge on any atom is 0.108 e. The van der Waals surface area contributed by atoms with Crippen molar-refractivity contribution in [1.29, 1.82) is 0 Å². The molecule has 0 spiro atoms. The summed E-state index contributed by atoms with van der Waals surface area (Å²) in [6.45, 7) is 7.14. The summed E-state index contributed by atoms with van der Waals surface area (Å²) in [6, 6.07) is 10.9. The third kappa shape index (κ3) is 4.94. The number of aryl methyl sites for hydroxylation is 3. The quantitative estimate of drug-likeness (QED) is 0.726. The zero-order chi connectivity index (χ0) is 16.6. The van der Waals surface area contributed by atoms with Crippen LogP contribution in [0.4, 0.5) is 0 Å². The highest BCUT2D eigenvalue weighted by Gasteiger charge is 2.18. The largest absolute Gasteiger partial charge is 0.335 e. The number of benzene rings is 1. The number of rotatable bonds is 8. The summed E-state index contributed by atoms with van der Waals surface area (Å²) in [5.74, 6) is 2.12. The van der Waals surface area contributed by atoms with Gasteiger partial charge in [0.2, 0.25) is 0 Å². The van der Waals surface area contributed by atoms with Crippen LogP contribution in [0.3, 0.4) is 0 Å². The van der Waals surface area contributed by atoms with E-state index in [9.17, 15) is 0 Å². The van der Waals surface area contributed by atoms with Crippen molar-refractivity contribution >= 4 is 0 Å². The molecule has 3 rings (SSSR count). The van der Waals surface area contributed by atoms with E-state index in [4.69, 9.17) is 0 Å². The van der Waals surface area contributed by atoms with Crippen LogP contribution in [-0.4, -0.2) is 34.1 Å². The second-order valence-electron chi connectivity index (χ2n) is 7.05. The maximum atomic E-state index is 4.42. The SMILES string of the molecule is CCc1nccn1CCC1CCN(CCCc2ccccc2)CC1. The van der Waals surface area contributed by atoms with Gasteiger partial charge in [-0.2, -0.15) is 0 Å². The van der Waals surface area contributed by atoms with Gasteiger partial charge in [0.1, 0.15) is 5.82 Å². The van der Waals surface area contributed by atoms with Crippen molar-refractivity contribution in [3.05, 3.63) is 54.1 Å². The highest BCUT2D eigenvalue weighted by Crippen LogP contribution is 2.22. The lowest BCUT2D eigenvalue weighted by Gasteiger charge is -2.32. The molecule has 1 aromatic carbocycles. The summed E-state index contributed by atoms with van der Waals surface area (Å²) < 4.78 is 2.34. The molecule has 3 heteroatoms. The number of hydrogen-bond acceptors (Lipinski definition) is 2. The molecule has 1 aliphatic heterocycles. The molecule has 2 heterocycles. The van der Waals surface area contributed by atoms with Gasteiger partial charge >= 0.3 is 0 Å². The molecule has 0 unspecified atom stereocenters. The Bertz CT molecular complexity index is 582. The van der Waals surface area contributed by atoms with Crippen molar-refractivity contribution in [2.75, 3.05) is 19.6 Å². The number of piperidine rings is 1. The van der Waals surface area contributed by atoms with E-state index in [0.29, 0.717) is 0 Å². The standard InChI is InChI=1S/C21H31N3/c1-2-21-22-13-18-24(21)17-12-20-10-15-23(16-11-20)14-6-9-19-7-4-3-5-8-19/h3-5,7-8,13,18,20H,2,6,9-12,14-17H2,1H3. The summed E-state index contributed by atoms with van der Waals surface area (Å²) in [6.07, 6.45) is 11.6. The van der Waals surface area contributed by atoms with Gasteiger partial charge in [-0.3, -0.25) is 0 Å². The first kappa shape index (κ1) is 17.2. The first-order chi connectivity index (χ1) is 11.8. The van der Waals surface area contributed by atoms with Gasteiger partial charge < -0.3 is 9.47 Å². The number of imidazole rings is 1. The molecule has 1 saturated heterocycles. The second-order valence-corrected chi connectivity index (χ2v) is 7.05. The fourth-order valence-corrected chi connectivity index (χ4v) is 3.83. The van der Waals surface area contributed by atoms with Crippen molar-refractivity contribution in [2.45, 2.75) is 52.0 Å². The van der Waals surface area contributed by atoms with Crippen LogP contribution in [0, 0.1) is 5.92 Å². The van der Waals surface area contributed by atoms with Crippen LogP contribution in [0.2, 0.25) is 0 Å². The average Bonchev–Trinajstić information content (AvgIpc) is 3.09. The van der Waals surface area contributed by atoms with Crippen LogP contribution in [0.5, 0.6) is 0 Å². The molecule has 0 aliphatic carbocycles. The number of aromatic nitrogens is 2. The third-order valence-electron chi connectivity index (χ3n) is 5.39. The van der Waals surface area contributed by atoms with E-state index in [0.717, 1.165) is 18.9 Å². The van der Waals surface area contributed by atoms with E-state index in [2.05, 4.69) is 57.9 Å². The Morgan fingerprint density at radius 2 is 1.88 bits per heavy atom. The predicted molar refractivity (Wildman–Crippen MR) is 100 cm³/mol. The lowest BCUT2D eigenvalue weighted by Crippen LogP contribution is -2.34. The van der Waals surface area contributed by atoms with E-state index in [1.165, 1.54) is 63.1 Å². The van der Waals surface area contributed by atoms with Gasteiger partial charge in [-0.25, -0.2) is 4.98 Å². The van der Waals surface area contributed by atoms with Gasteiger partial charge in [-0.05, 0) is 63.2 Å². The zero-order valence-electron chi connectivity index (χ0n) is 15.0. The van der Waals surface area contributed by atoms with Crippen molar-refractivity contribution in [2.24, 2.45) is 5.92 Å². The van der Waals surface area contributed by atoms with Gasteiger partial charge in [0.25, 0.3) is 0 Å². The topological polar surface area (TPSA) is 21.1 Å². The molecule has 0 radical (unpaired) electrons. The summed E-state index contributed by atoms with van der Waals surface area (Å²) in [7, 11) is 0. The Kier molecular flexibility index (Phi) is 6.48. The van der Waals surface area contributed by atoms with Gasteiger partial charge in [0, 0.05) is 25.4 Å². The van der Waals surface area contributed by atoms with E-state index < -0.39 is 0 Å². The number of nitrogens with zero attached hydrogens (tertiary/aromatic N) is 3. The van der Waals surface area contributed by atoms with E-state index >= 15 is 0 Å². The molecule has 0 N–H and O–H groups in total. The molecule has 3 nitrogen and oxygen atoms in total. The number of hydrogen-bond donors (Lipinski definition) is 0. The van der Waals surface area contributed by atoms with Crippen LogP contribution in [0.15, 0.2) is 42.7 Å². The molecule has 1 aromatic heterocycles. The fraction of sp³-hybridized carbons (Fsp3) is 0.571. The van der Waals surface area contributed by atoms with Crippen molar-refractivity contribution in [3.63, 3.8) is 0 Å². The first-order valence-corrected chi connectivity index (χ1v) is 9.61. The highest BCUT2D eigenvalue weighted by atomic mass is 15.1. The summed E-state index contributed by atoms with van der Waals surface area (Å²) in [5, 5.41) is 0. The van der Waals surface area contributed by atoms with Gasteiger partial charge in [-0.15, -0.1) is 0 Å². The van der Waals surface area contributed by atoms with Crippen LogP contribution < -0.4 is 0 Å². The Balaban J connectivity index is 1.32. The normalized spacial score (nSPS) is 16.5. The first-order valence-electron chi connectivity index (χ1n) is 9.61. The Morgan fingerprint density at radius 1 is 1.08 bits per heavy atom. The average molecular weight is 326 g/mol. The van der Waals surface area contributed by atoms with Crippen LogP contribution in [0.25, 0.3) is 0 Å². The molecule has 0 bridgehead atoms. The van der Waals surface area contributed by atoms with Crippen molar-refractivity contribution < 1.29 is 0 Å². The van der Waals surface area contributed by atoms with E-state index in [1.807, 2.05) is 6.20 Å². The molecule has 2 aromatic rings. The minimum absolute atomic E-state index is 0.891. The molecule has 130 valence electrons. The third-order valence-corrected chi connectivity index (χ3v) is 5.39. The monoisotopic (exact) mass is 325 g/mol. The minimum atomic E-state index is 0.891. The second kappa shape index (κ2) is 9.03. The van der Waals surface area contributed by atoms with E-state index in [1.54, 1.807) is 0 Å². The maximum absolute atomic E-state index is 4.42. The van der Waals surface area contributed by atoms with Gasteiger partial charge in [0.15, 0.2) is 0 Å². The Hall–Kier alpha value is -1.61. The Morgan fingerprint density at radius 3 is 2.62 bits per heavy atom. The smallest absolute Gasteiger partial charge is 0.108 e. The molecule has 0 atom stereocenters. The fourth-order valence-electron chi connectivity index (χ4n) is 3.83. The molecule has 0 amide bonds. The molecule has 0 saturated carbocycles. The lowest BCUT2D eigenvalue weighted by molar-refractivity contribution is 0.174. The zero-order valence-corrected chi connectivity index (χ0v) is 15.0. The van der Waals surface area contributed by atoms with Crippen molar-refractivity contribution in [1.82, 2.24) is 14.5 Å². The molecular weight excluding hydrogens is 294 g/mol. The van der Waals surface area contributed by atoms with Gasteiger partial charge in [-0.1, -0.05) is 37.3 Å².